The Morgan fingerprint density at radius 1 is 1.23 bits per heavy atom. The van der Waals surface area contributed by atoms with Gasteiger partial charge in [-0.15, -0.1) is 0 Å². The zero-order valence-electron chi connectivity index (χ0n) is 7.02. The molecule has 0 saturated carbocycles. The monoisotopic (exact) mass is 196 g/mol. The summed E-state index contributed by atoms with van der Waals surface area (Å²) in [4.78, 5) is 0. The highest BCUT2D eigenvalue weighted by molar-refractivity contribution is 7.90. The molecule has 1 aliphatic rings. The molecular formula is C9H8O3S. The van der Waals surface area contributed by atoms with Gasteiger partial charge in [-0.3, -0.25) is 0 Å². The minimum absolute atomic E-state index is 0.405. The fourth-order valence-corrected chi connectivity index (χ4v) is 2.30. The first-order valence-electron chi connectivity index (χ1n) is 3.81. The van der Waals surface area contributed by atoms with Gasteiger partial charge in [0.1, 0.15) is 5.75 Å². The van der Waals surface area contributed by atoms with Gasteiger partial charge in [0.15, 0.2) is 0 Å². The average Bonchev–Trinajstić information content (AvgIpc) is 2.02. The van der Waals surface area contributed by atoms with Gasteiger partial charge in [0, 0.05) is 5.56 Å². The Hall–Kier alpha value is -1.29. The Labute approximate surface area is 76.8 Å². The molecule has 1 aliphatic heterocycles. The first-order valence-corrected chi connectivity index (χ1v) is 5.28. The van der Waals surface area contributed by atoms with E-state index in [1.54, 1.807) is 19.1 Å². The zero-order chi connectivity index (χ0) is 9.47. The maximum atomic E-state index is 11.1. The molecule has 1 aromatic carbocycles. The van der Waals surface area contributed by atoms with Crippen molar-refractivity contribution in [1.82, 2.24) is 0 Å². The third-order valence-electron chi connectivity index (χ3n) is 1.84. The lowest BCUT2D eigenvalue weighted by Crippen LogP contribution is -2.11. The maximum absolute atomic E-state index is 11.1. The Balaban J connectivity index is 2.68. The third kappa shape index (κ3) is 1.45. The number of hydrogen-bond acceptors (Lipinski definition) is 3. The minimum Gasteiger partial charge on any atom is -0.379 e. The number of fused-ring (bicyclic) bond motifs is 1. The number of para-hydroxylation sites is 1. The highest BCUT2D eigenvalue weighted by atomic mass is 32.2. The predicted octanol–water partition coefficient (Wildman–Crippen LogP) is 1.77. The number of hydrogen-bond donors (Lipinski definition) is 0. The Kier molecular flexibility index (Phi) is 1.66. The Bertz CT molecular complexity index is 471. The molecule has 0 spiro atoms. The van der Waals surface area contributed by atoms with Crippen LogP contribution < -0.4 is 4.18 Å². The molecule has 4 heteroatoms. The van der Waals surface area contributed by atoms with E-state index in [9.17, 15) is 8.42 Å². The largest absolute Gasteiger partial charge is 0.379 e. The molecule has 1 heterocycles. The van der Waals surface area contributed by atoms with E-state index in [4.69, 9.17) is 4.18 Å². The van der Waals surface area contributed by atoms with Crippen LogP contribution in [0.4, 0.5) is 0 Å². The smallest absolute Gasteiger partial charge is 0.332 e. The second-order valence-corrected chi connectivity index (χ2v) is 4.26. The van der Waals surface area contributed by atoms with Crippen molar-refractivity contribution in [2.24, 2.45) is 0 Å². The van der Waals surface area contributed by atoms with Crippen LogP contribution in [0.5, 0.6) is 5.75 Å². The average molecular weight is 196 g/mol. The van der Waals surface area contributed by atoms with E-state index >= 15 is 0 Å². The second kappa shape index (κ2) is 2.60. The normalized spacial score (nSPS) is 18.4. The summed E-state index contributed by atoms with van der Waals surface area (Å²) in [6, 6.07) is 7.06. The van der Waals surface area contributed by atoms with Gasteiger partial charge < -0.3 is 4.18 Å². The van der Waals surface area contributed by atoms with E-state index in [1.807, 2.05) is 12.1 Å². The summed E-state index contributed by atoms with van der Waals surface area (Å²) in [5.41, 5.74) is 1.54. The number of benzene rings is 1. The van der Waals surface area contributed by atoms with Crippen LogP contribution in [0.2, 0.25) is 0 Å². The van der Waals surface area contributed by atoms with Crippen LogP contribution in [-0.2, 0) is 10.1 Å². The van der Waals surface area contributed by atoms with Gasteiger partial charge in [-0.2, -0.15) is 8.42 Å². The summed E-state index contributed by atoms with van der Waals surface area (Å²) in [7, 11) is -3.51. The van der Waals surface area contributed by atoms with Crippen molar-refractivity contribution in [3.63, 3.8) is 0 Å². The summed E-state index contributed by atoms with van der Waals surface area (Å²) < 4.78 is 27.0. The molecule has 13 heavy (non-hydrogen) atoms. The fourth-order valence-electron chi connectivity index (χ4n) is 1.29. The number of allylic oxidation sites excluding steroid dienone is 1. The summed E-state index contributed by atoms with van der Waals surface area (Å²) in [5, 5.41) is 1.13. The van der Waals surface area contributed by atoms with Crippen LogP contribution in [-0.4, -0.2) is 8.42 Å². The van der Waals surface area contributed by atoms with E-state index < -0.39 is 10.1 Å². The van der Waals surface area contributed by atoms with Gasteiger partial charge in [0.05, 0.1) is 5.41 Å². The van der Waals surface area contributed by atoms with Gasteiger partial charge in [-0.05, 0) is 18.6 Å². The summed E-state index contributed by atoms with van der Waals surface area (Å²) in [6.07, 6.45) is 0. The van der Waals surface area contributed by atoms with Crippen LogP contribution >= 0.6 is 0 Å². The first kappa shape index (κ1) is 8.31. The van der Waals surface area contributed by atoms with Gasteiger partial charge in [0.25, 0.3) is 0 Å². The van der Waals surface area contributed by atoms with Gasteiger partial charge >= 0.3 is 10.1 Å². The summed E-state index contributed by atoms with van der Waals surface area (Å²) in [5.74, 6) is 0.405. The van der Waals surface area contributed by atoms with Crippen LogP contribution in [0.25, 0.3) is 5.57 Å². The quantitative estimate of drug-likeness (QED) is 0.594. The van der Waals surface area contributed by atoms with E-state index in [0.717, 1.165) is 11.0 Å². The lowest BCUT2D eigenvalue weighted by atomic mass is 10.1. The molecule has 0 amide bonds. The standard InChI is InChI=1S/C9H8O3S/c1-7-6-13(10,11)12-9-5-3-2-4-8(7)9/h2-6H,1H3. The van der Waals surface area contributed by atoms with Crippen molar-refractivity contribution in [2.75, 3.05) is 0 Å². The summed E-state index contributed by atoms with van der Waals surface area (Å²) in [6.45, 7) is 1.75. The Morgan fingerprint density at radius 3 is 2.69 bits per heavy atom. The molecule has 0 bridgehead atoms. The molecular weight excluding hydrogens is 188 g/mol. The van der Waals surface area contributed by atoms with Crippen molar-refractivity contribution in [1.29, 1.82) is 0 Å². The first-order chi connectivity index (χ1) is 6.08. The van der Waals surface area contributed by atoms with Crippen LogP contribution in [0, 0.1) is 0 Å². The zero-order valence-corrected chi connectivity index (χ0v) is 7.84. The molecule has 0 aromatic heterocycles. The van der Waals surface area contributed by atoms with E-state index in [-0.39, 0.29) is 0 Å². The molecule has 2 rings (SSSR count). The highest BCUT2D eigenvalue weighted by Gasteiger charge is 2.19. The van der Waals surface area contributed by atoms with Crippen molar-refractivity contribution < 1.29 is 12.6 Å². The van der Waals surface area contributed by atoms with Crippen molar-refractivity contribution in [3.05, 3.63) is 35.2 Å². The molecule has 0 fully saturated rings. The van der Waals surface area contributed by atoms with Crippen LogP contribution in [0.1, 0.15) is 12.5 Å². The molecule has 0 aliphatic carbocycles. The SMILES string of the molecule is CC1=CS(=O)(=O)Oc2ccccc21. The van der Waals surface area contributed by atoms with Crippen molar-refractivity contribution in [3.8, 4) is 5.75 Å². The minimum atomic E-state index is -3.51. The topological polar surface area (TPSA) is 43.4 Å². The summed E-state index contributed by atoms with van der Waals surface area (Å²) >= 11 is 0. The molecule has 3 nitrogen and oxygen atoms in total. The van der Waals surface area contributed by atoms with E-state index in [0.29, 0.717) is 11.3 Å². The lowest BCUT2D eigenvalue weighted by molar-refractivity contribution is 0.494. The molecule has 0 N–H and O–H groups in total. The molecule has 0 unspecified atom stereocenters. The highest BCUT2D eigenvalue weighted by Crippen LogP contribution is 2.31. The molecule has 1 aromatic rings. The predicted molar refractivity (Wildman–Crippen MR) is 49.6 cm³/mol. The molecule has 0 radical (unpaired) electrons. The van der Waals surface area contributed by atoms with Crippen molar-refractivity contribution in [2.45, 2.75) is 6.92 Å². The Morgan fingerprint density at radius 2 is 1.92 bits per heavy atom. The van der Waals surface area contributed by atoms with Gasteiger partial charge in [-0.1, -0.05) is 18.2 Å². The maximum Gasteiger partial charge on any atom is 0.332 e. The molecule has 0 atom stereocenters. The lowest BCUT2D eigenvalue weighted by Gasteiger charge is -2.14. The number of rotatable bonds is 0. The van der Waals surface area contributed by atoms with Crippen LogP contribution in [0.3, 0.4) is 0 Å². The molecule has 0 saturated heterocycles. The second-order valence-electron chi connectivity index (χ2n) is 2.87. The fraction of sp³-hybridized carbons (Fsp3) is 0.111. The van der Waals surface area contributed by atoms with Crippen LogP contribution in [0.15, 0.2) is 29.7 Å². The van der Waals surface area contributed by atoms with Gasteiger partial charge in [-0.25, -0.2) is 0 Å². The molecule has 68 valence electrons. The van der Waals surface area contributed by atoms with E-state index in [1.165, 1.54) is 0 Å². The van der Waals surface area contributed by atoms with Gasteiger partial charge in [0.2, 0.25) is 0 Å². The van der Waals surface area contributed by atoms with Crippen molar-refractivity contribution >= 4 is 15.7 Å². The van der Waals surface area contributed by atoms with E-state index in [2.05, 4.69) is 0 Å². The third-order valence-corrected chi connectivity index (χ3v) is 2.89.